The predicted molar refractivity (Wildman–Crippen MR) is 88.7 cm³/mol. The van der Waals surface area contributed by atoms with Crippen LogP contribution in [0.5, 0.6) is 0 Å². The van der Waals surface area contributed by atoms with Crippen molar-refractivity contribution in [1.29, 1.82) is 0 Å². The number of hydrogen-bond donors (Lipinski definition) is 2. The van der Waals surface area contributed by atoms with Crippen LogP contribution in [0.2, 0.25) is 0 Å². The Labute approximate surface area is 129 Å². The van der Waals surface area contributed by atoms with Crippen molar-refractivity contribution in [1.82, 2.24) is 10.0 Å². The van der Waals surface area contributed by atoms with E-state index in [1.54, 1.807) is 0 Å². The van der Waals surface area contributed by atoms with Gasteiger partial charge in [0.2, 0.25) is 10.0 Å². The van der Waals surface area contributed by atoms with E-state index in [9.17, 15) is 13.2 Å². The van der Waals surface area contributed by atoms with Gasteiger partial charge in [0.05, 0.1) is 6.26 Å². The van der Waals surface area contributed by atoms with E-state index < -0.39 is 16.1 Å². The Morgan fingerprint density at radius 2 is 1.52 bits per heavy atom. The normalized spacial score (nSPS) is 9.43. The van der Waals surface area contributed by atoms with E-state index in [0.717, 1.165) is 23.8 Å². The molecule has 0 saturated heterocycles. The Morgan fingerprint density at radius 1 is 1.05 bits per heavy atom. The summed E-state index contributed by atoms with van der Waals surface area (Å²) < 4.78 is 23.5. The molecule has 0 radical (unpaired) electrons. The van der Waals surface area contributed by atoms with Gasteiger partial charge in [-0.3, -0.25) is 0 Å². The van der Waals surface area contributed by atoms with Gasteiger partial charge < -0.3 is 5.32 Å². The molecule has 0 aliphatic heterocycles. The van der Waals surface area contributed by atoms with Crippen molar-refractivity contribution < 1.29 is 13.2 Å². The summed E-state index contributed by atoms with van der Waals surface area (Å²) in [5.41, 5.74) is 2.12. The summed E-state index contributed by atoms with van der Waals surface area (Å²) in [5.74, 6) is 0. The molecule has 0 unspecified atom stereocenters. The molecule has 0 aliphatic carbocycles. The van der Waals surface area contributed by atoms with Crippen LogP contribution in [0.15, 0.2) is 24.3 Å². The van der Waals surface area contributed by atoms with Gasteiger partial charge in [0.1, 0.15) is 0 Å². The third-order valence-corrected chi connectivity index (χ3v) is 2.77. The lowest BCUT2D eigenvalue weighted by Gasteiger charge is -2.09. The number of hydrogen-bond acceptors (Lipinski definition) is 3. The molecular weight excluding hydrogens is 288 g/mol. The summed E-state index contributed by atoms with van der Waals surface area (Å²) in [5, 5.41) is 2.50. The molecule has 1 rings (SSSR count). The van der Waals surface area contributed by atoms with Gasteiger partial charge in [0.15, 0.2) is 0 Å². The number of carbonyl (C=O) groups is 1. The van der Waals surface area contributed by atoms with Crippen LogP contribution in [0.4, 0.5) is 4.79 Å². The standard InChI is InChI=1S/C11H16N2O3S.2C2H6/c1-3-9-6-4-5-7-10(9)8-12-11(14)13-17(2,15)16;2*1-2/h4-7H,3,8H2,1-2H3,(H2,12,13,14);2*1-2H3. The molecule has 0 saturated carbocycles. The van der Waals surface area contributed by atoms with Crippen molar-refractivity contribution >= 4 is 16.1 Å². The minimum atomic E-state index is -3.51. The van der Waals surface area contributed by atoms with Gasteiger partial charge in [0.25, 0.3) is 0 Å². The van der Waals surface area contributed by atoms with Gasteiger partial charge in [-0.1, -0.05) is 58.9 Å². The number of urea groups is 1. The maximum absolute atomic E-state index is 11.2. The summed E-state index contributed by atoms with van der Waals surface area (Å²) in [7, 11) is -3.51. The molecule has 0 aliphatic rings. The molecule has 1 aromatic rings. The van der Waals surface area contributed by atoms with Crippen LogP contribution in [-0.2, 0) is 23.0 Å². The van der Waals surface area contributed by atoms with Crippen LogP contribution in [0, 0.1) is 0 Å². The lowest BCUT2D eigenvalue weighted by Crippen LogP contribution is -2.38. The highest BCUT2D eigenvalue weighted by atomic mass is 32.2. The maximum Gasteiger partial charge on any atom is 0.328 e. The highest BCUT2D eigenvalue weighted by Gasteiger charge is 2.08. The number of sulfonamides is 1. The van der Waals surface area contributed by atoms with E-state index in [4.69, 9.17) is 0 Å². The van der Waals surface area contributed by atoms with Crippen molar-refractivity contribution in [3.8, 4) is 0 Å². The third kappa shape index (κ3) is 10.8. The minimum absolute atomic E-state index is 0.311. The van der Waals surface area contributed by atoms with Crippen LogP contribution >= 0.6 is 0 Å². The molecule has 0 heterocycles. The van der Waals surface area contributed by atoms with Crippen molar-refractivity contribution in [2.45, 2.75) is 47.6 Å². The fourth-order valence-corrected chi connectivity index (χ4v) is 1.86. The highest BCUT2D eigenvalue weighted by Crippen LogP contribution is 2.08. The van der Waals surface area contributed by atoms with Gasteiger partial charge >= 0.3 is 6.03 Å². The average molecular weight is 316 g/mol. The van der Waals surface area contributed by atoms with E-state index in [1.165, 1.54) is 0 Å². The zero-order chi connectivity index (χ0) is 16.9. The summed E-state index contributed by atoms with van der Waals surface area (Å²) in [6.07, 6.45) is 1.80. The Bertz CT molecular complexity index is 499. The number of aryl methyl sites for hydroxylation is 1. The Morgan fingerprint density at radius 3 is 1.95 bits per heavy atom. The van der Waals surface area contributed by atoms with Gasteiger partial charge in [-0.2, -0.15) is 0 Å². The fourth-order valence-electron chi connectivity index (χ4n) is 1.45. The fraction of sp³-hybridized carbons (Fsp3) is 0.533. The van der Waals surface area contributed by atoms with Crippen LogP contribution in [0.1, 0.15) is 45.7 Å². The third-order valence-electron chi connectivity index (χ3n) is 2.22. The zero-order valence-electron chi connectivity index (χ0n) is 13.9. The molecule has 0 bridgehead atoms. The molecule has 2 amide bonds. The van der Waals surface area contributed by atoms with E-state index >= 15 is 0 Å². The molecule has 2 N–H and O–H groups in total. The molecule has 5 nitrogen and oxygen atoms in total. The minimum Gasteiger partial charge on any atom is -0.333 e. The number of amides is 2. The Balaban J connectivity index is 0. The number of rotatable bonds is 4. The summed E-state index contributed by atoms with van der Waals surface area (Å²) in [6.45, 7) is 10.3. The summed E-state index contributed by atoms with van der Waals surface area (Å²) in [4.78, 5) is 11.2. The highest BCUT2D eigenvalue weighted by molar-refractivity contribution is 7.89. The van der Waals surface area contributed by atoms with E-state index in [1.807, 2.05) is 63.6 Å². The first kappa shape index (κ1) is 21.7. The first-order valence-corrected chi connectivity index (χ1v) is 9.14. The average Bonchev–Trinajstić information content (AvgIpc) is 2.48. The SMILES string of the molecule is CC.CC.CCc1ccccc1CNC(=O)NS(C)(=O)=O. The van der Waals surface area contributed by atoms with Crippen molar-refractivity contribution in [2.75, 3.05) is 6.26 Å². The molecule has 122 valence electrons. The van der Waals surface area contributed by atoms with Crippen molar-refractivity contribution in [3.63, 3.8) is 0 Å². The van der Waals surface area contributed by atoms with E-state index in [2.05, 4.69) is 5.32 Å². The molecule has 1 aromatic carbocycles. The zero-order valence-corrected chi connectivity index (χ0v) is 14.7. The second-order valence-corrected chi connectivity index (χ2v) is 5.43. The van der Waals surface area contributed by atoms with Crippen molar-refractivity contribution in [3.05, 3.63) is 35.4 Å². The van der Waals surface area contributed by atoms with E-state index in [0.29, 0.717) is 6.54 Å². The maximum atomic E-state index is 11.2. The largest absolute Gasteiger partial charge is 0.333 e. The molecule has 6 heteroatoms. The van der Waals surface area contributed by atoms with Crippen LogP contribution in [0.25, 0.3) is 0 Å². The summed E-state index contributed by atoms with van der Waals surface area (Å²) >= 11 is 0. The van der Waals surface area contributed by atoms with Crippen molar-refractivity contribution in [2.24, 2.45) is 0 Å². The molecule has 0 aromatic heterocycles. The lowest BCUT2D eigenvalue weighted by atomic mass is 10.1. The first-order chi connectivity index (χ1) is 9.92. The second-order valence-electron chi connectivity index (χ2n) is 3.68. The van der Waals surface area contributed by atoms with Crippen LogP contribution in [-0.4, -0.2) is 20.7 Å². The Hall–Kier alpha value is -1.56. The first-order valence-electron chi connectivity index (χ1n) is 7.24. The molecule has 0 fully saturated rings. The molecule has 0 spiro atoms. The van der Waals surface area contributed by atoms with Gasteiger partial charge in [-0.15, -0.1) is 0 Å². The smallest absolute Gasteiger partial charge is 0.328 e. The van der Waals surface area contributed by atoms with Crippen LogP contribution in [0.3, 0.4) is 0 Å². The quantitative estimate of drug-likeness (QED) is 0.896. The Kier molecular flexibility index (Phi) is 12.6. The molecule has 21 heavy (non-hydrogen) atoms. The second kappa shape index (κ2) is 12.2. The predicted octanol–water partition coefficient (Wildman–Crippen LogP) is 3.06. The number of benzene rings is 1. The topological polar surface area (TPSA) is 75.3 Å². The van der Waals surface area contributed by atoms with Gasteiger partial charge in [-0.05, 0) is 17.5 Å². The molecule has 0 atom stereocenters. The van der Waals surface area contributed by atoms with Crippen LogP contribution < -0.4 is 10.0 Å². The van der Waals surface area contributed by atoms with E-state index in [-0.39, 0.29) is 0 Å². The van der Waals surface area contributed by atoms with Gasteiger partial charge in [0, 0.05) is 6.54 Å². The summed E-state index contributed by atoms with van der Waals surface area (Å²) in [6, 6.07) is 6.98. The number of carbonyl (C=O) groups excluding carboxylic acids is 1. The van der Waals surface area contributed by atoms with Gasteiger partial charge in [-0.25, -0.2) is 17.9 Å². The number of nitrogens with one attached hydrogen (secondary N) is 2. The monoisotopic (exact) mass is 316 g/mol. The lowest BCUT2D eigenvalue weighted by molar-refractivity contribution is 0.245. The molecular formula is C15H28N2O3S.